The van der Waals surface area contributed by atoms with Crippen LogP contribution >= 0.6 is 24.0 Å². The summed E-state index contributed by atoms with van der Waals surface area (Å²) in [7, 11) is 1.78. The molecule has 3 aromatic rings. The molecule has 0 aliphatic rings. The molecular weight excluding hydrogens is 427 g/mol. The molecule has 0 aliphatic carbocycles. The average Bonchev–Trinajstić information content (AvgIpc) is 3.04. The van der Waals surface area contributed by atoms with Gasteiger partial charge in [-0.2, -0.15) is 0 Å². The van der Waals surface area contributed by atoms with E-state index < -0.39 is 0 Å². The summed E-state index contributed by atoms with van der Waals surface area (Å²) >= 11 is 0. The van der Waals surface area contributed by atoms with Crippen LogP contribution in [0.5, 0.6) is 0 Å². The summed E-state index contributed by atoms with van der Waals surface area (Å²) in [6.07, 6.45) is 3.73. The molecule has 0 saturated heterocycles. The van der Waals surface area contributed by atoms with Crippen LogP contribution in [0.15, 0.2) is 59.7 Å². The van der Waals surface area contributed by atoms with E-state index >= 15 is 0 Å². The molecule has 3 rings (SSSR count). The van der Waals surface area contributed by atoms with Gasteiger partial charge in [-0.1, -0.05) is 36.4 Å². The van der Waals surface area contributed by atoms with Gasteiger partial charge < -0.3 is 10.6 Å². The predicted molar refractivity (Wildman–Crippen MR) is 112 cm³/mol. The van der Waals surface area contributed by atoms with Gasteiger partial charge in [-0.25, -0.2) is 0 Å². The van der Waals surface area contributed by atoms with Gasteiger partial charge >= 0.3 is 0 Å². The molecule has 132 valence electrons. The minimum atomic E-state index is 0. The number of rotatable bonds is 6. The quantitative estimate of drug-likeness (QED) is 0.344. The Morgan fingerprint density at radius 2 is 1.68 bits per heavy atom. The number of hydrogen-bond acceptors (Lipinski definition) is 3. The number of guanidine groups is 1. The van der Waals surface area contributed by atoms with E-state index in [1.165, 1.54) is 5.56 Å². The number of nitrogens with one attached hydrogen (secondary N) is 2. The van der Waals surface area contributed by atoms with Crippen molar-refractivity contribution in [3.8, 4) is 0 Å². The van der Waals surface area contributed by atoms with Gasteiger partial charge in [0.25, 0.3) is 0 Å². The Hall–Kier alpha value is -2.16. The topological polar surface area (TPSA) is 66.6 Å². The second-order valence-electron chi connectivity index (χ2n) is 5.46. The molecule has 2 heterocycles. The first-order valence-electron chi connectivity index (χ1n) is 8.14. The zero-order valence-electron chi connectivity index (χ0n) is 14.2. The van der Waals surface area contributed by atoms with Crippen molar-refractivity contribution in [3.05, 3.63) is 66.1 Å². The Kier molecular flexibility index (Phi) is 7.65. The number of fused-ring (bicyclic) bond motifs is 1. The SMILES string of the molecule is CN=C(NCCc1ccccc1)NCCc1nnc2ccccn12.I. The maximum Gasteiger partial charge on any atom is 0.191 e. The van der Waals surface area contributed by atoms with Gasteiger partial charge in [0, 0.05) is 32.8 Å². The Labute approximate surface area is 164 Å². The fourth-order valence-corrected chi connectivity index (χ4v) is 2.54. The number of halogens is 1. The largest absolute Gasteiger partial charge is 0.356 e. The summed E-state index contributed by atoms with van der Waals surface area (Å²) in [6, 6.07) is 16.3. The Morgan fingerprint density at radius 1 is 0.960 bits per heavy atom. The molecule has 0 unspecified atom stereocenters. The van der Waals surface area contributed by atoms with E-state index in [2.05, 4.69) is 50.1 Å². The molecule has 0 spiro atoms. The van der Waals surface area contributed by atoms with Crippen LogP contribution in [-0.2, 0) is 12.8 Å². The van der Waals surface area contributed by atoms with E-state index in [-0.39, 0.29) is 24.0 Å². The summed E-state index contributed by atoms with van der Waals surface area (Å²) in [5.41, 5.74) is 2.19. The van der Waals surface area contributed by atoms with Crippen LogP contribution in [0.4, 0.5) is 0 Å². The van der Waals surface area contributed by atoms with Crippen LogP contribution < -0.4 is 10.6 Å². The molecule has 2 N–H and O–H groups in total. The van der Waals surface area contributed by atoms with Gasteiger partial charge in [0.15, 0.2) is 11.6 Å². The second-order valence-corrected chi connectivity index (χ2v) is 5.46. The monoisotopic (exact) mass is 450 g/mol. The van der Waals surface area contributed by atoms with Gasteiger partial charge in [-0.05, 0) is 24.1 Å². The maximum absolute atomic E-state index is 4.25. The molecule has 0 bridgehead atoms. The van der Waals surface area contributed by atoms with Crippen LogP contribution in [0.1, 0.15) is 11.4 Å². The highest BCUT2D eigenvalue weighted by Crippen LogP contribution is 2.02. The number of hydrogen-bond donors (Lipinski definition) is 2. The third-order valence-electron chi connectivity index (χ3n) is 3.80. The van der Waals surface area contributed by atoms with Crippen molar-refractivity contribution in [2.45, 2.75) is 12.8 Å². The van der Waals surface area contributed by atoms with Crippen LogP contribution in [0.25, 0.3) is 5.65 Å². The summed E-state index contributed by atoms with van der Waals surface area (Å²) < 4.78 is 2.01. The molecule has 25 heavy (non-hydrogen) atoms. The van der Waals surface area contributed by atoms with Gasteiger partial charge in [-0.3, -0.25) is 9.39 Å². The van der Waals surface area contributed by atoms with Crippen molar-refractivity contribution in [3.63, 3.8) is 0 Å². The zero-order chi connectivity index (χ0) is 16.6. The summed E-state index contributed by atoms with van der Waals surface area (Å²) in [4.78, 5) is 4.25. The fraction of sp³-hybridized carbons (Fsp3) is 0.278. The zero-order valence-corrected chi connectivity index (χ0v) is 16.6. The van der Waals surface area contributed by atoms with Crippen LogP contribution in [-0.4, -0.2) is 40.7 Å². The first kappa shape index (κ1) is 19.2. The van der Waals surface area contributed by atoms with E-state index in [0.717, 1.165) is 43.4 Å². The lowest BCUT2D eigenvalue weighted by molar-refractivity contribution is 0.756. The molecule has 6 nitrogen and oxygen atoms in total. The third-order valence-corrected chi connectivity index (χ3v) is 3.80. The van der Waals surface area contributed by atoms with Crippen molar-refractivity contribution in [1.29, 1.82) is 0 Å². The lowest BCUT2D eigenvalue weighted by Crippen LogP contribution is -2.39. The van der Waals surface area contributed by atoms with E-state index in [1.807, 2.05) is 34.9 Å². The average molecular weight is 450 g/mol. The molecule has 7 heteroatoms. The summed E-state index contributed by atoms with van der Waals surface area (Å²) in [5.74, 6) is 1.75. The number of aliphatic imine (C=N–C) groups is 1. The molecule has 0 aliphatic heterocycles. The molecule has 0 saturated carbocycles. The van der Waals surface area contributed by atoms with Crippen LogP contribution in [0.3, 0.4) is 0 Å². The summed E-state index contributed by atoms with van der Waals surface area (Å²) in [5, 5.41) is 15.0. The van der Waals surface area contributed by atoms with Gasteiger partial charge in [0.05, 0.1) is 0 Å². The molecule has 1 aromatic carbocycles. The lowest BCUT2D eigenvalue weighted by Gasteiger charge is -2.11. The highest BCUT2D eigenvalue weighted by atomic mass is 127. The second kappa shape index (κ2) is 9.97. The number of benzene rings is 1. The Bertz CT molecular complexity index is 799. The van der Waals surface area contributed by atoms with E-state index in [0.29, 0.717) is 0 Å². The molecule has 2 aromatic heterocycles. The van der Waals surface area contributed by atoms with Crippen molar-refractivity contribution in [2.24, 2.45) is 4.99 Å². The minimum Gasteiger partial charge on any atom is -0.356 e. The van der Waals surface area contributed by atoms with E-state index in [1.54, 1.807) is 7.05 Å². The van der Waals surface area contributed by atoms with E-state index in [9.17, 15) is 0 Å². The third kappa shape index (κ3) is 5.42. The molecule has 0 amide bonds. The van der Waals surface area contributed by atoms with E-state index in [4.69, 9.17) is 0 Å². The Balaban J connectivity index is 0.00000225. The standard InChI is InChI=1S/C18H22N6.HI/c1-19-18(20-12-10-15-7-3-2-4-8-15)21-13-11-17-23-22-16-9-5-6-14-24(16)17;/h2-9,14H,10-13H2,1H3,(H2,19,20,21);1H. The van der Waals surface area contributed by atoms with Gasteiger partial charge in [-0.15, -0.1) is 34.2 Å². The number of nitrogens with zero attached hydrogens (tertiary/aromatic N) is 4. The van der Waals surface area contributed by atoms with Crippen molar-refractivity contribution in [1.82, 2.24) is 25.2 Å². The van der Waals surface area contributed by atoms with Gasteiger partial charge in [0.2, 0.25) is 0 Å². The lowest BCUT2D eigenvalue weighted by atomic mass is 10.1. The fourth-order valence-electron chi connectivity index (χ4n) is 2.54. The van der Waals surface area contributed by atoms with Gasteiger partial charge in [0.1, 0.15) is 5.82 Å². The van der Waals surface area contributed by atoms with Crippen molar-refractivity contribution < 1.29 is 0 Å². The molecular formula is C18H23IN6. The smallest absolute Gasteiger partial charge is 0.191 e. The molecule has 0 fully saturated rings. The summed E-state index contributed by atoms with van der Waals surface area (Å²) in [6.45, 7) is 1.60. The van der Waals surface area contributed by atoms with Crippen molar-refractivity contribution in [2.75, 3.05) is 20.1 Å². The number of aromatic nitrogens is 3. The first-order chi connectivity index (χ1) is 11.9. The predicted octanol–water partition coefficient (Wildman–Crippen LogP) is 2.30. The van der Waals surface area contributed by atoms with Crippen LogP contribution in [0.2, 0.25) is 0 Å². The highest BCUT2D eigenvalue weighted by Gasteiger charge is 2.04. The maximum atomic E-state index is 4.25. The first-order valence-corrected chi connectivity index (χ1v) is 8.14. The highest BCUT2D eigenvalue weighted by molar-refractivity contribution is 14.0. The normalized spacial score (nSPS) is 11.2. The molecule has 0 atom stereocenters. The Morgan fingerprint density at radius 3 is 2.44 bits per heavy atom. The molecule has 0 radical (unpaired) electrons. The number of pyridine rings is 1. The van der Waals surface area contributed by atoms with Crippen LogP contribution in [0, 0.1) is 0 Å². The minimum absolute atomic E-state index is 0. The van der Waals surface area contributed by atoms with Crippen molar-refractivity contribution >= 4 is 35.6 Å².